The van der Waals surface area contributed by atoms with Crippen LogP contribution in [0.15, 0.2) is 59.8 Å². The normalized spacial score (nSPS) is 15.0. The van der Waals surface area contributed by atoms with E-state index in [1.54, 1.807) is 24.3 Å². The van der Waals surface area contributed by atoms with Crippen LogP contribution in [0.5, 0.6) is 0 Å². The highest BCUT2D eigenvalue weighted by atomic mass is 32.2. The van der Waals surface area contributed by atoms with Crippen LogP contribution in [0.4, 0.5) is 5.69 Å². The molecule has 4 rings (SSSR count). The molecule has 3 aromatic rings. The highest BCUT2D eigenvalue weighted by Crippen LogP contribution is 2.25. The summed E-state index contributed by atoms with van der Waals surface area (Å²) in [6, 6.07) is 19.3. The van der Waals surface area contributed by atoms with Gasteiger partial charge in [-0.2, -0.15) is 5.26 Å². The van der Waals surface area contributed by atoms with Gasteiger partial charge in [-0.15, -0.1) is 10.2 Å². The van der Waals surface area contributed by atoms with E-state index >= 15 is 0 Å². The molecule has 170 valence electrons. The summed E-state index contributed by atoms with van der Waals surface area (Å²) in [5.41, 5.74) is 2.30. The van der Waals surface area contributed by atoms with Crippen LogP contribution >= 0.6 is 11.8 Å². The fourth-order valence-electron chi connectivity index (χ4n) is 3.89. The third kappa shape index (κ3) is 6.21. The van der Waals surface area contributed by atoms with Gasteiger partial charge in [-0.1, -0.05) is 54.6 Å². The van der Waals surface area contributed by atoms with Crippen LogP contribution in [0, 0.1) is 11.3 Å². The topological polar surface area (TPSA) is 86.8 Å². The first kappa shape index (κ1) is 23.0. The third-order valence-corrected chi connectivity index (χ3v) is 6.78. The fraction of sp³-hybridized carbons (Fsp3) is 0.360. The number of aromatic nitrogens is 3. The molecule has 8 heteroatoms. The zero-order chi connectivity index (χ0) is 23.0. The van der Waals surface area contributed by atoms with Crippen LogP contribution in [0.3, 0.4) is 0 Å². The van der Waals surface area contributed by atoms with Crippen molar-refractivity contribution in [2.75, 3.05) is 18.4 Å². The number of hydrogen-bond donors (Lipinski definition) is 1. The van der Waals surface area contributed by atoms with Gasteiger partial charge in [0.2, 0.25) is 5.91 Å². The van der Waals surface area contributed by atoms with Crippen molar-refractivity contribution in [3.63, 3.8) is 0 Å². The van der Waals surface area contributed by atoms with E-state index in [0.717, 1.165) is 30.6 Å². The number of likely N-dealkylation sites (tertiary alicyclic amines) is 1. The summed E-state index contributed by atoms with van der Waals surface area (Å²) in [6.07, 6.45) is 3.73. The molecule has 1 fully saturated rings. The first-order valence-electron chi connectivity index (χ1n) is 11.3. The summed E-state index contributed by atoms with van der Waals surface area (Å²) >= 11 is 1.40. The Morgan fingerprint density at radius 3 is 2.64 bits per heavy atom. The number of nitrogens with zero attached hydrogens (tertiary/aromatic N) is 5. The monoisotopic (exact) mass is 460 g/mol. The van der Waals surface area contributed by atoms with E-state index in [9.17, 15) is 4.79 Å². The molecule has 1 aliphatic rings. The van der Waals surface area contributed by atoms with Gasteiger partial charge >= 0.3 is 0 Å². The van der Waals surface area contributed by atoms with Crippen LogP contribution in [0.25, 0.3) is 0 Å². The Labute approximate surface area is 198 Å². The third-order valence-electron chi connectivity index (χ3n) is 5.70. The molecular formula is C25H28N6OS. The van der Waals surface area contributed by atoms with Gasteiger partial charge in [0.25, 0.3) is 0 Å². The minimum absolute atomic E-state index is 0.137. The van der Waals surface area contributed by atoms with Crippen LogP contribution in [0.1, 0.15) is 43.1 Å². The molecule has 1 atom stereocenters. The lowest BCUT2D eigenvalue weighted by Crippen LogP contribution is -2.30. The Bertz CT molecular complexity index is 1120. The van der Waals surface area contributed by atoms with Crippen molar-refractivity contribution in [1.82, 2.24) is 19.7 Å². The van der Waals surface area contributed by atoms with E-state index in [1.807, 2.05) is 25.1 Å². The summed E-state index contributed by atoms with van der Waals surface area (Å²) in [6.45, 7) is 5.46. The molecule has 2 heterocycles. The lowest BCUT2D eigenvalue weighted by molar-refractivity contribution is -0.115. The Morgan fingerprint density at radius 1 is 1.09 bits per heavy atom. The molecule has 1 N–H and O–H groups in total. The van der Waals surface area contributed by atoms with Gasteiger partial charge in [-0.05, 0) is 56.6 Å². The van der Waals surface area contributed by atoms with Gasteiger partial charge in [0.05, 0.1) is 30.0 Å². The van der Waals surface area contributed by atoms with Crippen molar-refractivity contribution in [2.24, 2.45) is 0 Å². The van der Waals surface area contributed by atoms with Crippen molar-refractivity contribution in [3.8, 4) is 6.07 Å². The van der Waals surface area contributed by atoms with E-state index in [1.165, 1.54) is 36.6 Å². The molecule has 0 radical (unpaired) electrons. The molecule has 0 bridgehead atoms. The van der Waals surface area contributed by atoms with Crippen molar-refractivity contribution in [2.45, 2.75) is 49.7 Å². The number of benzene rings is 2. The second kappa shape index (κ2) is 11.1. The van der Waals surface area contributed by atoms with Gasteiger partial charge in [0.15, 0.2) is 5.16 Å². The first-order valence-corrected chi connectivity index (χ1v) is 12.2. The van der Waals surface area contributed by atoms with E-state index in [4.69, 9.17) is 5.26 Å². The van der Waals surface area contributed by atoms with E-state index in [2.05, 4.69) is 43.2 Å². The standard InChI is InChI=1S/C25H28N6OS/c1-19(24(32)27-22-12-8-11-21(15-22)16-26)33-25-29-28-23(18-30-13-6-3-7-14-30)31(25)17-20-9-4-2-5-10-20/h2,4-5,8-12,15,19H,3,6-7,13-14,17-18H2,1H3,(H,27,32). The van der Waals surface area contributed by atoms with Crippen LogP contribution < -0.4 is 5.32 Å². The molecule has 2 aromatic carbocycles. The maximum Gasteiger partial charge on any atom is 0.237 e. The molecule has 0 saturated carbocycles. The highest BCUT2D eigenvalue weighted by molar-refractivity contribution is 8.00. The number of carbonyl (C=O) groups is 1. The van der Waals surface area contributed by atoms with Crippen LogP contribution in [-0.2, 0) is 17.9 Å². The second-order valence-electron chi connectivity index (χ2n) is 8.25. The lowest BCUT2D eigenvalue weighted by Gasteiger charge is -2.26. The SMILES string of the molecule is CC(Sc1nnc(CN2CCCCC2)n1Cc1ccccc1)C(=O)Nc1cccc(C#N)c1. The predicted octanol–water partition coefficient (Wildman–Crippen LogP) is 4.30. The van der Waals surface area contributed by atoms with Gasteiger partial charge < -0.3 is 9.88 Å². The van der Waals surface area contributed by atoms with E-state index in [-0.39, 0.29) is 11.2 Å². The summed E-state index contributed by atoms with van der Waals surface area (Å²) in [4.78, 5) is 15.3. The molecule has 1 aliphatic heterocycles. The van der Waals surface area contributed by atoms with Crippen LogP contribution in [-0.4, -0.2) is 43.9 Å². The predicted molar refractivity (Wildman–Crippen MR) is 130 cm³/mol. The summed E-state index contributed by atoms with van der Waals surface area (Å²) in [5, 5.41) is 21.3. The highest BCUT2D eigenvalue weighted by Gasteiger charge is 2.22. The van der Waals surface area contributed by atoms with Gasteiger partial charge in [-0.25, -0.2) is 0 Å². The summed E-state index contributed by atoms with van der Waals surface area (Å²) in [7, 11) is 0. The molecule has 7 nitrogen and oxygen atoms in total. The number of thioether (sulfide) groups is 1. The molecule has 1 amide bonds. The molecule has 0 aliphatic carbocycles. The minimum Gasteiger partial charge on any atom is -0.325 e. The number of nitriles is 1. The second-order valence-corrected chi connectivity index (χ2v) is 9.56. The quantitative estimate of drug-likeness (QED) is 0.504. The van der Waals surface area contributed by atoms with E-state index < -0.39 is 0 Å². The van der Waals surface area contributed by atoms with Crippen LogP contribution in [0.2, 0.25) is 0 Å². The van der Waals surface area contributed by atoms with Crippen molar-refractivity contribution >= 4 is 23.4 Å². The van der Waals surface area contributed by atoms with Crippen molar-refractivity contribution < 1.29 is 4.79 Å². The average molecular weight is 461 g/mol. The molecule has 1 unspecified atom stereocenters. The zero-order valence-corrected chi connectivity index (χ0v) is 19.6. The number of nitrogens with one attached hydrogen (secondary N) is 1. The maximum atomic E-state index is 12.8. The molecule has 33 heavy (non-hydrogen) atoms. The van der Waals surface area contributed by atoms with Gasteiger partial charge in [-0.3, -0.25) is 9.69 Å². The first-order chi connectivity index (χ1) is 16.1. The van der Waals surface area contributed by atoms with E-state index in [0.29, 0.717) is 17.8 Å². The number of hydrogen-bond acceptors (Lipinski definition) is 6. The molecule has 1 saturated heterocycles. The maximum absolute atomic E-state index is 12.8. The van der Waals surface area contributed by atoms with Crippen molar-refractivity contribution in [1.29, 1.82) is 5.26 Å². The number of anilines is 1. The number of rotatable bonds is 8. The smallest absolute Gasteiger partial charge is 0.237 e. The molecule has 0 spiro atoms. The largest absolute Gasteiger partial charge is 0.325 e. The zero-order valence-electron chi connectivity index (χ0n) is 18.8. The number of amides is 1. The Kier molecular flexibility index (Phi) is 7.76. The Hall–Kier alpha value is -3.15. The fourth-order valence-corrected chi connectivity index (χ4v) is 4.75. The molecule has 1 aromatic heterocycles. The summed E-state index contributed by atoms with van der Waals surface area (Å²) in [5.74, 6) is 0.791. The lowest BCUT2D eigenvalue weighted by atomic mass is 10.1. The Balaban J connectivity index is 1.50. The van der Waals surface area contributed by atoms with Gasteiger partial charge in [0.1, 0.15) is 5.82 Å². The Morgan fingerprint density at radius 2 is 1.88 bits per heavy atom. The molecular weight excluding hydrogens is 432 g/mol. The minimum atomic E-state index is -0.377. The average Bonchev–Trinajstić information content (AvgIpc) is 3.21. The van der Waals surface area contributed by atoms with Crippen molar-refractivity contribution in [3.05, 3.63) is 71.5 Å². The van der Waals surface area contributed by atoms with Gasteiger partial charge in [0, 0.05) is 5.69 Å². The number of piperidine rings is 1. The number of carbonyl (C=O) groups excluding carboxylic acids is 1. The summed E-state index contributed by atoms with van der Waals surface area (Å²) < 4.78 is 2.13.